The number of aliphatic carboxylic acids is 2. The van der Waals surface area contributed by atoms with Crippen LogP contribution in [0.2, 0.25) is 0 Å². The van der Waals surface area contributed by atoms with Crippen molar-refractivity contribution in [1.82, 2.24) is 31.5 Å². The monoisotopic (exact) mass is 778 g/mol. The number of hydrogen-bond donors (Lipinski definition) is 7. The van der Waals surface area contributed by atoms with E-state index in [0.717, 1.165) is 0 Å². The van der Waals surface area contributed by atoms with Crippen LogP contribution in [-0.4, -0.2) is 151 Å². The van der Waals surface area contributed by atoms with E-state index in [0.29, 0.717) is 0 Å². The van der Waals surface area contributed by atoms with Crippen LogP contribution < -0.4 is 26.6 Å². The average Bonchev–Trinajstić information content (AvgIpc) is 3.04. The largest absolute Gasteiger partial charge is 0.481 e. The Morgan fingerprint density at radius 3 is 1.72 bits per heavy atom. The lowest BCUT2D eigenvalue weighted by Crippen LogP contribution is -2.52. The predicted molar refractivity (Wildman–Crippen MR) is 170 cm³/mol. The van der Waals surface area contributed by atoms with E-state index in [2.05, 4.69) is 42.5 Å². The van der Waals surface area contributed by atoms with Crippen LogP contribution in [0.1, 0.15) is 25.7 Å². The lowest BCUT2D eigenvalue weighted by Gasteiger charge is -2.28. The van der Waals surface area contributed by atoms with E-state index in [1.54, 1.807) is 0 Å². The first-order chi connectivity index (χ1) is 22.3. The van der Waals surface area contributed by atoms with Gasteiger partial charge in [-0.3, -0.25) is 33.6 Å². The quantitative estimate of drug-likeness (QED) is 0.0345. The summed E-state index contributed by atoms with van der Waals surface area (Å²) in [7, 11) is 0. The minimum atomic E-state index is -1.26. The second-order valence-electron chi connectivity index (χ2n) is 9.49. The molecule has 21 heteroatoms. The normalized spacial score (nSPS) is 11.8. The highest BCUT2D eigenvalue weighted by molar-refractivity contribution is 9.09. The summed E-state index contributed by atoms with van der Waals surface area (Å²) in [5, 5.41) is 30.4. The van der Waals surface area contributed by atoms with Gasteiger partial charge in [-0.2, -0.15) is 0 Å². The average molecular weight is 780 g/mol. The lowest BCUT2D eigenvalue weighted by atomic mass is 10.1. The number of carbonyl (C=O) groups is 8. The van der Waals surface area contributed by atoms with Gasteiger partial charge in [-0.1, -0.05) is 15.9 Å². The molecule has 0 aliphatic carbocycles. The van der Waals surface area contributed by atoms with Crippen molar-refractivity contribution in [3.05, 3.63) is 0 Å². The zero-order chi connectivity index (χ0) is 35.6. The highest BCUT2D eigenvalue weighted by Gasteiger charge is 2.27. The van der Waals surface area contributed by atoms with E-state index >= 15 is 0 Å². The van der Waals surface area contributed by atoms with E-state index in [4.69, 9.17) is 42.9 Å². The summed E-state index contributed by atoms with van der Waals surface area (Å²) in [4.78, 5) is 95.6. The third-order valence-electron chi connectivity index (χ3n) is 5.83. The van der Waals surface area contributed by atoms with Gasteiger partial charge in [0.15, 0.2) is 0 Å². The van der Waals surface area contributed by atoms with Crippen molar-refractivity contribution in [2.75, 3.05) is 76.2 Å². The molecular formula is C26H41BrCl2N6O12. The van der Waals surface area contributed by atoms with Crippen LogP contribution in [-0.2, 0) is 47.8 Å². The lowest BCUT2D eigenvalue weighted by molar-refractivity contribution is -0.142. The molecule has 0 spiro atoms. The first kappa shape index (κ1) is 43.7. The fourth-order valence-corrected chi connectivity index (χ4v) is 3.92. The molecule has 7 N–H and O–H groups in total. The molecule has 0 aliphatic rings. The molecule has 0 rings (SSSR count). The van der Waals surface area contributed by atoms with Crippen molar-refractivity contribution in [2.45, 2.75) is 37.8 Å². The highest BCUT2D eigenvalue weighted by Crippen LogP contribution is 2.05. The molecule has 0 aliphatic heterocycles. The van der Waals surface area contributed by atoms with Crippen LogP contribution in [0, 0.1) is 0 Å². The van der Waals surface area contributed by atoms with E-state index in [1.807, 2.05) is 0 Å². The Bertz CT molecular complexity index is 1040. The number of carboxylic acid groups (broad SMARTS) is 2. The molecule has 0 saturated carbocycles. The molecule has 18 nitrogen and oxygen atoms in total. The zero-order valence-electron chi connectivity index (χ0n) is 25.5. The summed E-state index contributed by atoms with van der Waals surface area (Å²) in [5.41, 5.74) is 0. The molecule has 6 amide bonds. The van der Waals surface area contributed by atoms with Crippen LogP contribution in [0.15, 0.2) is 0 Å². The predicted octanol–water partition coefficient (Wildman–Crippen LogP) is -2.23. The van der Waals surface area contributed by atoms with Gasteiger partial charge in [0.2, 0.25) is 35.4 Å². The van der Waals surface area contributed by atoms with Gasteiger partial charge >= 0.3 is 11.9 Å². The van der Waals surface area contributed by atoms with E-state index in [9.17, 15) is 38.4 Å². The standard InChI is InChI=1S/C26H41BrCl2N6O12/c27-13-20(37)34-18(26(44)45)1-3-19(36)32-7-10-46-11-12-47-16-23(40)33-17(2-4-24(41)42)25(43)35(8-5-30-21(38)14-28)9-6-31-22(39)15-29/h17-18H,1-16H2,(H,30,38)(H,31,39)(H,32,36)(H,33,40)(H,34,37)(H,41,42)(H,44,45)/t17-,18?/m0/s1. The molecular weight excluding hydrogens is 739 g/mol. The van der Waals surface area contributed by atoms with Gasteiger partial charge in [0, 0.05) is 45.6 Å². The summed E-state index contributed by atoms with van der Waals surface area (Å²) in [5.74, 6) is -6.31. The molecule has 268 valence electrons. The van der Waals surface area contributed by atoms with Crippen LogP contribution >= 0.6 is 39.1 Å². The highest BCUT2D eigenvalue weighted by atomic mass is 79.9. The van der Waals surface area contributed by atoms with Gasteiger partial charge in [-0.25, -0.2) is 4.79 Å². The number of halogens is 3. The second kappa shape index (κ2) is 26.8. The number of alkyl halides is 3. The van der Waals surface area contributed by atoms with Crippen LogP contribution in [0.3, 0.4) is 0 Å². The van der Waals surface area contributed by atoms with Gasteiger partial charge in [-0.05, 0) is 12.8 Å². The molecule has 0 aromatic carbocycles. The summed E-state index contributed by atoms with van der Waals surface area (Å²) >= 11 is 13.8. The molecule has 0 heterocycles. The van der Waals surface area contributed by atoms with Crippen LogP contribution in [0.4, 0.5) is 0 Å². The van der Waals surface area contributed by atoms with Crippen molar-refractivity contribution in [2.24, 2.45) is 0 Å². The summed E-state index contributed by atoms with van der Waals surface area (Å²) < 4.78 is 10.6. The molecule has 0 aromatic heterocycles. The molecule has 1 unspecified atom stereocenters. The van der Waals surface area contributed by atoms with Gasteiger partial charge in [0.1, 0.15) is 30.5 Å². The summed E-state index contributed by atoms with van der Waals surface area (Å²) in [6, 6.07) is -2.45. The fourth-order valence-electron chi connectivity index (χ4n) is 3.57. The van der Waals surface area contributed by atoms with E-state index in [-0.39, 0.29) is 88.9 Å². The maximum Gasteiger partial charge on any atom is 0.326 e. The molecule has 47 heavy (non-hydrogen) atoms. The number of nitrogens with one attached hydrogen (secondary N) is 5. The number of amides is 6. The molecule has 0 radical (unpaired) electrons. The second-order valence-corrected chi connectivity index (χ2v) is 10.6. The van der Waals surface area contributed by atoms with E-state index < -0.39 is 72.5 Å². The van der Waals surface area contributed by atoms with Gasteiger partial charge in [0.05, 0.1) is 25.2 Å². The number of hydrogen-bond acceptors (Lipinski definition) is 10. The first-order valence-electron chi connectivity index (χ1n) is 14.3. The maximum atomic E-state index is 13.3. The molecule has 0 fully saturated rings. The third kappa shape index (κ3) is 22.8. The topological polar surface area (TPSA) is 259 Å². The SMILES string of the molecule is O=C(O)CC[C@H](NC(=O)COCCOCCNC(=O)CCC(NC(=O)CBr)C(=O)O)C(=O)N(CCNC(=O)CCl)CCNC(=O)CCl. The van der Waals surface area contributed by atoms with Crippen molar-refractivity contribution in [3.63, 3.8) is 0 Å². The molecule has 2 atom stereocenters. The molecule has 0 saturated heterocycles. The van der Waals surface area contributed by atoms with E-state index in [1.165, 1.54) is 4.90 Å². The Balaban J connectivity index is 4.70. The Hall–Kier alpha value is -3.26. The van der Waals surface area contributed by atoms with Crippen molar-refractivity contribution >= 4 is 86.5 Å². The zero-order valence-corrected chi connectivity index (χ0v) is 28.6. The molecule has 0 aromatic rings. The number of carboxylic acids is 2. The number of nitrogens with zero attached hydrogens (tertiary/aromatic N) is 1. The number of ether oxygens (including phenoxy) is 2. The minimum absolute atomic E-state index is 0.00951. The minimum Gasteiger partial charge on any atom is -0.481 e. The van der Waals surface area contributed by atoms with Crippen molar-refractivity contribution < 1.29 is 58.0 Å². The fraction of sp³-hybridized carbons (Fsp3) is 0.692. The van der Waals surface area contributed by atoms with Crippen LogP contribution in [0.5, 0.6) is 0 Å². The van der Waals surface area contributed by atoms with Crippen molar-refractivity contribution in [3.8, 4) is 0 Å². The summed E-state index contributed by atoms with van der Waals surface area (Å²) in [6.07, 6.45) is -0.914. The Morgan fingerprint density at radius 1 is 0.660 bits per heavy atom. The number of rotatable bonds is 27. The number of carbonyl (C=O) groups excluding carboxylic acids is 6. The van der Waals surface area contributed by atoms with Crippen molar-refractivity contribution in [1.29, 1.82) is 0 Å². The Kier molecular flexibility index (Phi) is 24.9. The maximum absolute atomic E-state index is 13.3. The summed E-state index contributed by atoms with van der Waals surface area (Å²) in [6.45, 7) is -0.303. The Morgan fingerprint density at radius 2 is 1.19 bits per heavy atom. The van der Waals surface area contributed by atoms with Crippen LogP contribution in [0.25, 0.3) is 0 Å². The van der Waals surface area contributed by atoms with Gasteiger partial charge < -0.3 is 51.2 Å². The smallest absolute Gasteiger partial charge is 0.326 e. The van der Waals surface area contributed by atoms with Gasteiger partial charge in [-0.15, -0.1) is 23.2 Å². The first-order valence-corrected chi connectivity index (χ1v) is 16.5. The third-order valence-corrected chi connectivity index (χ3v) is 6.83. The van der Waals surface area contributed by atoms with Gasteiger partial charge in [0.25, 0.3) is 0 Å². The molecule has 0 bridgehead atoms. The Labute approximate surface area is 289 Å².